The minimum atomic E-state index is 1.05. The van der Waals surface area contributed by atoms with Crippen molar-refractivity contribution in [1.82, 2.24) is 0 Å². The summed E-state index contributed by atoms with van der Waals surface area (Å²) in [6.07, 6.45) is 6.51. The Bertz CT molecular complexity index is 522. The van der Waals surface area contributed by atoms with Crippen LogP contribution in [0.4, 0.5) is 0 Å². The van der Waals surface area contributed by atoms with Gasteiger partial charge in [-0.3, -0.25) is 0 Å². The molecule has 14 heavy (non-hydrogen) atoms. The lowest BCUT2D eigenvalue weighted by molar-refractivity contribution is 0.593. The van der Waals surface area contributed by atoms with E-state index in [0.717, 1.165) is 24.2 Å². The van der Waals surface area contributed by atoms with Crippen molar-refractivity contribution in [3.05, 3.63) is 39.2 Å². The zero-order valence-corrected chi connectivity index (χ0v) is 9.74. The van der Waals surface area contributed by atoms with Gasteiger partial charge in [0.2, 0.25) is 0 Å². The van der Waals surface area contributed by atoms with Crippen LogP contribution >= 0.6 is 22.6 Å². The van der Waals surface area contributed by atoms with Crippen molar-refractivity contribution >= 4 is 39.6 Å². The van der Waals surface area contributed by atoms with Crippen LogP contribution in [0.25, 0.3) is 17.0 Å². The first-order valence-corrected chi connectivity index (χ1v) is 5.80. The van der Waals surface area contributed by atoms with E-state index >= 15 is 0 Å². The van der Waals surface area contributed by atoms with Crippen molar-refractivity contribution in [2.75, 3.05) is 0 Å². The third-order valence-corrected chi connectivity index (χ3v) is 3.48. The highest BCUT2D eigenvalue weighted by Gasteiger charge is 2.15. The van der Waals surface area contributed by atoms with Gasteiger partial charge < -0.3 is 4.42 Å². The van der Waals surface area contributed by atoms with E-state index in [4.69, 9.17) is 4.42 Å². The monoisotopic (exact) mass is 296 g/mol. The number of allylic oxidation sites excluding steroid dienone is 1. The lowest BCUT2D eigenvalue weighted by Crippen LogP contribution is -1.88. The Labute approximate surface area is 95.9 Å². The maximum Gasteiger partial charge on any atom is 0.148 e. The molecule has 0 radical (unpaired) electrons. The number of furan rings is 1. The maximum atomic E-state index is 5.83. The molecule has 1 aromatic carbocycles. The second kappa shape index (κ2) is 3.12. The average molecular weight is 296 g/mol. The minimum Gasteiger partial charge on any atom is -0.455 e. The fourth-order valence-electron chi connectivity index (χ4n) is 1.97. The average Bonchev–Trinajstić information content (AvgIpc) is 2.59. The predicted octanol–water partition coefficient (Wildman–Crippen LogP) is 4.00. The molecule has 0 fully saturated rings. The van der Waals surface area contributed by atoms with E-state index in [1.54, 1.807) is 0 Å². The SMILES string of the molecule is Ic1cccc2c3c(oc12)C=CCC3. The molecule has 0 aliphatic heterocycles. The molecule has 1 aliphatic rings. The van der Waals surface area contributed by atoms with Crippen LogP contribution in [0.2, 0.25) is 0 Å². The standard InChI is InChI=1S/C12H9IO/c13-10-6-3-5-9-8-4-1-2-7-11(8)14-12(9)10/h2-3,5-7H,1,4H2. The Morgan fingerprint density at radius 2 is 2.21 bits per heavy atom. The molecule has 3 rings (SSSR count). The molecule has 0 unspecified atom stereocenters. The summed E-state index contributed by atoms with van der Waals surface area (Å²) < 4.78 is 7.02. The summed E-state index contributed by atoms with van der Waals surface area (Å²) in [6.45, 7) is 0. The topological polar surface area (TPSA) is 13.1 Å². The van der Waals surface area contributed by atoms with Crippen molar-refractivity contribution in [2.24, 2.45) is 0 Å². The van der Waals surface area contributed by atoms with Gasteiger partial charge in [0.15, 0.2) is 0 Å². The van der Waals surface area contributed by atoms with Crippen molar-refractivity contribution in [3.63, 3.8) is 0 Å². The largest absolute Gasteiger partial charge is 0.455 e. The molecule has 0 spiro atoms. The van der Waals surface area contributed by atoms with Crippen LogP contribution in [0.15, 0.2) is 28.7 Å². The van der Waals surface area contributed by atoms with E-state index in [-0.39, 0.29) is 0 Å². The molecular weight excluding hydrogens is 287 g/mol. The summed E-state index contributed by atoms with van der Waals surface area (Å²) in [5.74, 6) is 1.05. The Balaban J connectivity index is 2.43. The van der Waals surface area contributed by atoms with Gasteiger partial charge in [0.25, 0.3) is 0 Å². The fraction of sp³-hybridized carbons (Fsp3) is 0.167. The summed E-state index contributed by atoms with van der Waals surface area (Å²) in [5, 5.41) is 1.29. The van der Waals surface area contributed by atoms with E-state index < -0.39 is 0 Å². The highest BCUT2D eigenvalue weighted by molar-refractivity contribution is 14.1. The normalized spacial score (nSPS) is 14.6. The third kappa shape index (κ3) is 1.13. The lowest BCUT2D eigenvalue weighted by atomic mass is 10.0. The minimum absolute atomic E-state index is 1.05. The number of aryl methyl sites for hydroxylation is 1. The number of hydrogen-bond acceptors (Lipinski definition) is 1. The number of benzene rings is 1. The summed E-state index contributed by atoms with van der Waals surface area (Å²) in [7, 11) is 0. The van der Waals surface area contributed by atoms with E-state index in [1.165, 1.54) is 14.5 Å². The summed E-state index contributed by atoms with van der Waals surface area (Å²) >= 11 is 2.32. The molecule has 1 aliphatic carbocycles. The first kappa shape index (κ1) is 8.53. The molecule has 0 saturated heterocycles. The summed E-state index contributed by atoms with van der Waals surface area (Å²) in [4.78, 5) is 0. The predicted molar refractivity (Wildman–Crippen MR) is 66.3 cm³/mol. The van der Waals surface area contributed by atoms with Crippen LogP contribution in [0.3, 0.4) is 0 Å². The first-order valence-electron chi connectivity index (χ1n) is 4.73. The van der Waals surface area contributed by atoms with Crippen LogP contribution < -0.4 is 0 Å². The molecule has 0 amide bonds. The molecule has 1 nitrogen and oxygen atoms in total. The Kier molecular flexibility index (Phi) is 1.90. The molecule has 2 heteroatoms. The second-order valence-corrected chi connectivity index (χ2v) is 4.66. The van der Waals surface area contributed by atoms with Gasteiger partial charge in [-0.15, -0.1) is 0 Å². The quantitative estimate of drug-likeness (QED) is 0.670. The summed E-state index contributed by atoms with van der Waals surface area (Å²) in [6, 6.07) is 6.33. The fourth-order valence-corrected chi connectivity index (χ4v) is 2.57. The smallest absolute Gasteiger partial charge is 0.148 e. The van der Waals surface area contributed by atoms with Crippen LogP contribution in [0.1, 0.15) is 17.7 Å². The molecule has 0 atom stereocenters. The van der Waals surface area contributed by atoms with Gasteiger partial charge in [-0.2, -0.15) is 0 Å². The number of rotatable bonds is 0. The van der Waals surface area contributed by atoms with E-state index in [0.29, 0.717) is 0 Å². The molecule has 0 saturated carbocycles. The van der Waals surface area contributed by atoms with E-state index in [9.17, 15) is 0 Å². The molecule has 0 bridgehead atoms. The van der Waals surface area contributed by atoms with Gasteiger partial charge >= 0.3 is 0 Å². The number of hydrogen-bond donors (Lipinski definition) is 0. The number of para-hydroxylation sites is 1. The third-order valence-electron chi connectivity index (χ3n) is 2.63. The van der Waals surface area contributed by atoms with Crippen LogP contribution in [-0.4, -0.2) is 0 Å². The Hall–Kier alpha value is -0.770. The van der Waals surface area contributed by atoms with Crippen LogP contribution in [0.5, 0.6) is 0 Å². The highest BCUT2D eigenvalue weighted by Crippen LogP contribution is 2.32. The lowest BCUT2D eigenvalue weighted by Gasteiger charge is -2.01. The van der Waals surface area contributed by atoms with Crippen molar-refractivity contribution in [3.8, 4) is 0 Å². The highest BCUT2D eigenvalue weighted by atomic mass is 127. The van der Waals surface area contributed by atoms with Crippen LogP contribution in [0, 0.1) is 3.57 Å². The second-order valence-electron chi connectivity index (χ2n) is 3.50. The number of halogens is 1. The van der Waals surface area contributed by atoms with Crippen molar-refractivity contribution < 1.29 is 4.42 Å². The zero-order valence-electron chi connectivity index (χ0n) is 7.59. The van der Waals surface area contributed by atoms with Gasteiger partial charge in [0, 0.05) is 10.9 Å². The van der Waals surface area contributed by atoms with Gasteiger partial charge in [-0.05, 0) is 47.6 Å². The first-order chi connectivity index (χ1) is 6.86. The Morgan fingerprint density at radius 3 is 3.14 bits per heavy atom. The van der Waals surface area contributed by atoms with E-state index in [1.807, 2.05) is 0 Å². The number of fused-ring (bicyclic) bond motifs is 3. The maximum absolute atomic E-state index is 5.83. The summed E-state index contributed by atoms with van der Waals surface area (Å²) in [5.41, 5.74) is 2.42. The van der Waals surface area contributed by atoms with Gasteiger partial charge in [0.05, 0.1) is 3.57 Å². The molecule has 0 N–H and O–H groups in total. The zero-order chi connectivity index (χ0) is 9.54. The van der Waals surface area contributed by atoms with Gasteiger partial charge in [-0.1, -0.05) is 18.2 Å². The molecular formula is C12H9IO. The molecule has 2 aromatic rings. The van der Waals surface area contributed by atoms with Crippen molar-refractivity contribution in [2.45, 2.75) is 12.8 Å². The van der Waals surface area contributed by atoms with Crippen LogP contribution in [-0.2, 0) is 6.42 Å². The van der Waals surface area contributed by atoms with Gasteiger partial charge in [0.1, 0.15) is 11.3 Å². The molecule has 1 aromatic heterocycles. The van der Waals surface area contributed by atoms with Gasteiger partial charge in [-0.25, -0.2) is 0 Å². The Morgan fingerprint density at radius 1 is 1.29 bits per heavy atom. The van der Waals surface area contributed by atoms with E-state index in [2.05, 4.69) is 52.9 Å². The molecule has 1 heterocycles. The molecule has 70 valence electrons. The van der Waals surface area contributed by atoms with Crippen molar-refractivity contribution in [1.29, 1.82) is 0 Å².